The molecule has 0 atom stereocenters. The van der Waals surface area contributed by atoms with Crippen molar-refractivity contribution in [2.45, 2.75) is 6.36 Å². The third-order valence-corrected chi connectivity index (χ3v) is 3.21. The predicted molar refractivity (Wildman–Crippen MR) is 90.1 cm³/mol. The zero-order valence-corrected chi connectivity index (χ0v) is 13.7. The average Bonchev–Trinajstić information content (AvgIpc) is 2.60. The Morgan fingerprint density at radius 1 is 1.04 bits per heavy atom. The van der Waals surface area contributed by atoms with Crippen LogP contribution >= 0.6 is 0 Å². The molecule has 0 bridgehead atoms. The summed E-state index contributed by atoms with van der Waals surface area (Å²) in [6.45, 7) is -0.130. The molecule has 0 aliphatic heterocycles. The predicted octanol–water partition coefficient (Wildman–Crippen LogP) is 3.00. The molecule has 2 aromatic rings. The molecule has 0 fully saturated rings. The number of nitrogens with one attached hydrogen (secondary N) is 3. The first-order valence-electron chi connectivity index (χ1n) is 7.49. The van der Waals surface area contributed by atoms with Gasteiger partial charge in [-0.25, -0.2) is 0 Å². The van der Waals surface area contributed by atoms with Gasteiger partial charge in [-0.15, -0.1) is 13.2 Å². The number of carbonyl (C=O) groups excluding carboxylic acids is 2. The number of anilines is 2. The van der Waals surface area contributed by atoms with Gasteiger partial charge in [0.25, 0.3) is 5.91 Å². The number of rotatable bonds is 6. The molecule has 9 heteroatoms. The molecule has 6 nitrogen and oxygen atoms in total. The van der Waals surface area contributed by atoms with Crippen molar-refractivity contribution >= 4 is 23.2 Å². The molecule has 26 heavy (non-hydrogen) atoms. The van der Waals surface area contributed by atoms with Gasteiger partial charge in [-0.05, 0) is 36.4 Å². The zero-order chi connectivity index (χ0) is 19.2. The fraction of sp³-hybridized carbons (Fsp3) is 0.176. The molecule has 3 N–H and O–H groups in total. The maximum absolute atomic E-state index is 12.1. The Morgan fingerprint density at radius 2 is 1.69 bits per heavy atom. The third kappa shape index (κ3) is 5.69. The largest absolute Gasteiger partial charge is 0.573 e. The summed E-state index contributed by atoms with van der Waals surface area (Å²) < 4.78 is 40.1. The molecule has 0 radical (unpaired) electrons. The topological polar surface area (TPSA) is 79.5 Å². The van der Waals surface area contributed by atoms with E-state index in [1.54, 1.807) is 24.3 Å². The summed E-state index contributed by atoms with van der Waals surface area (Å²) in [5.41, 5.74) is 1.18. The molecule has 0 aliphatic carbocycles. The molecule has 0 saturated heterocycles. The lowest BCUT2D eigenvalue weighted by Crippen LogP contribution is -2.24. The number of hydrogen-bond acceptors (Lipinski definition) is 4. The van der Waals surface area contributed by atoms with Crippen molar-refractivity contribution in [3.8, 4) is 5.75 Å². The van der Waals surface area contributed by atoms with E-state index in [9.17, 15) is 22.8 Å². The summed E-state index contributed by atoms with van der Waals surface area (Å²) in [4.78, 5) is 23.7. The molecule has 2 amide bonds. The fourth-order valence-corrected chi connectivity index (χ4v) is 2.09. The van der Waals surface area contributed by atoms with Gasteiger partial charge in [0.2, 0.25) is 5.91 Å². The van der Waals surface area contributed by atoms with E-state index in [2.05, 4.69) is 20.7 Å². The number of halogens is 3. The van der Waals surface area contributed by atoms with Gasteiger partial charge >= 0.3 is 6.36 Å². The highest BCUT2D eigenvalue weighted by molar-refractivity contribution is 6.00. The number of carbonyl (C=O) groups is 2. The van der Waals surface area contributed by atoms with Crippen molar-refractivity contribution in [2.75, 3.05) is 24.2 Å². The summed E-state index contributed by atoms with van der Waals surface area (Å²) in [6.07, 6.45) is -4.77. The number of benzene rings is 2. The van der Waals surface area contributed by atoms with Crippen molar-refractivity contribution in [3.63, 3.8) is 0 Å². The lowest BCUT2D eigenvalue weighted by molar-refractivity contribution is -0.274. The minimum atomic E-state index is -4.77. The van der Waals surface area contributed by atoms with E-state index in [1.165, 1.54) is 19.2 Å². The summed E-state index contributed by atoms with van der Waals surface area (Å²) >= 11 is 0. The fourth-order valence-electron chi connectivity index (χ4n) is 2.09. The Kier molecular flexibility index (Phi) is 6.05. The van der Waals surface area contributed by atoms with Gasteiger partial charge in [-0.3, -0.25) is 9.59 Å². The van der Waals surface area contributed by atoms with E-state index in [0.29, 0.717) is 16.9 Å². The van der Waals surface area contributed by atoms with Crippen LogP contribution in [0.3, 0.4) is 0 Å². The number of para-hydroxylation sites is 1. The Hall–Kier alpha value is -3.23. The smallest absolute Gasteiger partial charge is 0.406 e. The molecule has 0 unspecified atom stereocenters. The van der Waals surface area contributed by atoms with Crippen LogP contribution < -0.4 is 20.7 Å². The van der Waals surface area contributed by atoms with E-state index < -0.39 is 12.3 Å². The normalized spacial score (nSPS) is 10.8. The van der Waals surface area contributed by atoms with Crippen molar-refractivity contribution in [3.05, 3.63) is 54.1 Å². The number of ether oxygens (including phenoxy) is 1. The van der Waals surface area contributed by atoms with Gasteiger partial charge in [0.05, 0.1) is 12.1 Å². The molecular formula is C17H16F3N3O3. The van der Waals surface area contributed by atoms with Crippen LogP contribution in [0.2, 0.25) is 0 Å². The lowest BCUT2D eigenvalue weighted by Gasteiger charge is -2.12. The van der Waals surface area contributed by atoms with Crippen LogP contribution in [-0.4, -0.2) is 31.8 Å². The molecule has 138 valence electrons. The molecule has 0 spiro atoms. The monoisotopic (exact) mass is 367 g/mol. The van der Waals surface area contributed by atoms with E-state index >= 15 is 0 Å². The summed E-state index contributed by atoms with van der Waals surface area (Å²) in [7, 11) is 1.50. The van der Waals surface area contributed by atoms with Gasteiger partial charge in [-0.2, -0.15) is 0 Å². The Balaban J connectivity index is 1.93. The van der Waals surface area contributed by atoms with Crippen LogP contribution in [-0.2, 0) is 4.79 Å². The number of hydrogen-bond donors (Lipinski definition) is 3. The Labute approximate surface area is 147 Å². The highest BCUT2D eigenvalue weighted by Crippen LogP contribution is 2.24. The van der Waals surface area contributed by atoms with E-state index in [0.717, 1.165) is 12.1 Å². The SMILES string of the molecule is CNC(=O)c1ccccc1NCC(=O)Nc1ccc(OC(F)(F)F)cc1. The van der Waals surface area contributed by atoms with Crippen molar-refractivity contribution < 1.29 is 27.5 Å². The molecule has 0 heterocycles. The van der Waals surface area contributed by atoms with Gasteiger partial charge in [0, 0.05) is 18.4 Å². The van der Waals surface area contributed by atoms with Crippen molar-refractivity contribution in [1.82, 2.24) is 5.32 Å². The van der Waals surface area contributed by atoms with Crippen molar-refractivity contribution in [2.24, 2.45) is 0 Å². The van der Waals surface area contributed by atoms with Crippen LogP contribution in [0.5, 0.6) is 5.75 Å². The molecular weight excluding hydrogens is 351 g/mol. The minimum Gasteiger partial charge on any atom is -0.406 e. The van der Waals surface area contributed by atoms with Crippen LogP contribution in [0.25, 0.3) is 0 Å². The minimum absolute atomic E-state index is 0.130. The van der Waals surface area contributed by atoms with Gasteiger partial charge in [-0.1, -0.05) is 12.1 Å². The number of alkyl halides is 3. The highest BCUT2D eigenvalue weighted by Gasteiger charge is 2.30. The number of amides is 2. The third-order valence-electron chi connectivity index (χ3n) is 3.21. The summed E-state index contributed by atoms with van der Waals surface area (Å²) in [6, 6.07) is 11.4. The average molecular weight is 367 g/mol. The molecule has 0 aliphatic rings. The van der Waals surface area contributed by atoms with Crippen LogP contribution in [0.15, 0.2) is 48.5 Å². The standard InChI is InChI=1S/C17H16F3N3O3/c1-21-16(25)13-4-2-3-5-14(13)22-10-15(24)23-11-6-8-12(9-7-11)26-17(18,19)20/h2-9,22H,10H2,1H3,(H,21,25)(H,23,24). The second kappa shape index (κ2) is 8.24. The second-order valence-corrected chi connectivity index (χ2v) is 5.10. The van der Waals surface area contributed by atoms with Gasteiger partial charge < -0.3 is 20.7 Å². The van der Waals surface area contributed by atoms with Crippen LogP contribution in [0.1, 0.15) is 10.4 Å². The van der Waals surface area contributed by atoms with E-state index in [-0.39, 0.29) is 18.2 Å². The molecule has 0 aromatic heterocycles. The second-order valence-electron chi connectivity index (χ2n) is 5.10. The Bertz CT molecular complexity index is 777. The first kappa shape index (κ1) is 19.1. The zero-order valence-electron chi connectivity index (χ0n) is 13.7. The summed E-state index contributed by atoms with van der Waals surface area (Å²) in [5, 5.41) is 7.87. The van der Waals surface area contributed by atoms with Crippen LogP contribution in [0.4, 0.5) is 24.5 Å². The highest BCUT2D eigenvalue weighted by atomic mass is 19.4. The van der Waals surface area contributed by atoms with Gasteiger partial charge in [0.1, 0.15) is 5.75 Å². The van der Waals surface area contributed by atoms with Crippen LogP contribution in [0, 0.1) is 0 Å². The maximum atomic E-state index is 12.1. The first-order valence-corrected chi connectivity index (χ1v) is 7.49. The van der Waals surface area contributed by atoms with E-state index in [4.69, 9.17) is 0 Å². The van der Waals surface area contributed by atoms with E-state index in [1.807, 2.05) is 0 Å². The molecule has 2 rings (SSSR count). The quantitative estimate of drug-likeness (QED) is 0.733. The lowest BCUT2D eigenvalue weighted by atomic mass is 10.1. The maximum Gasteiger partial charge on any atom is 0.573 e. The van der Waals surface area contributed by atoms with Crippen molar-refractivity contribution in [1.29, 1.82) is 0 Å². The first-order chi connectivity index (χ1) is 12.3. The molecule has 0 saturated carbocycles. The van der Waals surface area contributed by atoms with Gasteiger partial charge in [0.15, 0.2) is 0 Å². The summed E-state index contributed by atoms with van der Waals surface area (Å²) in [5.74, 6) is -1.11. The Morgan fingerprint density at radius 3 is 2.31 bits per heavy atom. The molecule has 2 aromatic carbocycles.